The number of pyridine rings is 1. The predicted octanol–water partition coefficient (Wildman–Crippen LogP) is 2.42. The molecule has 2 fully saturated rings. The average Bonchev–Trinajstić information content (AvgIpc) is 3.58. The molecule has 2 aromatic rings. The lowest BCUT2D eigenvalue weighted by molar-refractivity contribution is 0.0636. The molecule has 5 heteroatoms. The Morgan fingerprint density at radius 1 is 1.21 bits per heavy atom. The molecule has 150 valence electrons. The predicted molar refractivity (Wildman–Crippen MR) is 112 cm³/mol. The van der Waals surface area contributed by atoms with Crippen molar-refractivity contribution in [3.05, 3.63) is 65.5 Å². The topological polar surface area (TPSA) is 65.5 Å². The SMILES string of the molecule is CCN(C[C@H]1N[C@H](CO)[C@@H]1c1ccc(C#CC2CC2)cc1)C(=O)c1ccccn1. The van der Waals surface area contributed by atoms with Crippen molar-refractivity contribution in [2.75, 3.05) is 19.7 Å². The molecule has 3 atom stereocenters. The summed E-state index contributed by atoms with van der Waals surface area (Å²) < 4.78 is 0. The van der Waals surface area contributed by atoms with E-state index in [1.165, 1.54) is 18.4 Å². The average molecular weight is 389 g/mol. The fourth-order valence-electron chi connectivity index (χ4n) is 3.89. The van der Waals surface area contributed by atoms with Gasteiger partial charge in [-0.25, -0.2) is 0 Å². The number of benzene rings is 1. The summed E-state index contributed by atoms with van der Waals surface area (Å²) in [5, 5.41) is 13.2. The quantitative estimate of drug-likeness (QED) is 0.745. The van der Waals surface area contributed by atoms with Crippen molar-refractivity contribution in [1.82, 2.24) is 15.2 Å². The number of hydrogen-bond donors (Lipinski definition) is 2. The Morgan fingerprint density at radius 2 is 2.00 bits per heavy atom. The molecule has 0 bridgehead atoms. The first-order chi connectivity index (χ1) is 14.2. The molecule has 1 saturated heterocycles. The van der Waals surface area contributed by atoms with Crippen LogP contribution < -0.4 is 5.32 Å². The van der Waals surface area contributed by atoms with Crippen LogP contribution in [-0.4, -0.2) is 52.7 Å². The first kappa shape index (κ1) is 19.6. The third-order valence-corrected chi connectivity index (χ3v) is 5.76. The second kappa shape index (κ2) is 8.77. The van der Waals surface area contributed by atoms with Gasteiger partial charge in [-0.05, 0) is 49.6 Å². The van der Waals surface area contributed by atoms with Crippen molar-refractivity contribution < 1.29 is 9.90 Å². The van der Waals surface area contributed by atoms with E-state index in [0.717, 1.165) is 5.56 Å². The van der Waals surface area contributed by atoms with Gasteiger partial charge in [0.05, 0.1) is 6.61 Å². The van der Waals surface area contributed by atoms with Crippen molar-refractivity contribution in [2.45, 2.75) is 37.8 Å². The lowest BCUT2D eigenvalue weighted by Crippen LogP contribution is -2.65. The molecule has 2 heterocycles. The molecule has 4 rings (SSSR count). The molecule has 2 aliphatic rings. The fraction of sp³-hybridized carbons (Fsp3) is 0.417. The van der Waals surface area contributed by atoms with Gasteiger partial charge in [0.1, 0.15) is 5.69 Å². The second-order valence-corrected chi connectivity index (χ2v) is 7.81. The maximum atomic E-state index is 12.8. The van der Waals surface area contributed by atoms with Crippen LogP contribution in [0, 0.1) is 17.8 Å². The molecular weight excluding hydrogens is 362 g/mol. The Balaban J connectivity index is 1.46. The summed E-state index contributed by atoms with van der Waals surface area (Å²) in [5.41, 5.74) is 2.67. The van der Waals surface area contributed by atoms with Gasteiger partial charge in [0.2, 0.25) is 0 Å². The van der Waals surface area contributed by atoms with E-state index < -0.39 is 0 Å². The highest BCUT2D eigenvalue weighted by Crippen LogP contribution is 2.33. The molecule has 2 N–H and O–H groups in total. The van der Waals surface area contributed by atoms with Crippen molar-refractivity contribution in [3.8, 4) is 11.8 Å². The molecular formula is C24H27N3O2. The van der Waals surface area contributed by atoms with E-state index in [1.54, 1.807) is 18.3 Å². The number of aliphatic hydroxyl groups is 1. The molecule has 0 spiro atoms. The van der Waals surface area contributed by atoms with E-state index >= 15 is 0 Å². The fourth-order valence-corrected chi connectivity index (χ4v) is 3.89. The van der Waals surface area contributed by atoms with Crippen LogP contribution >= 0.6 is 0 Å². The molecule has 1 amide bonds. The van der Waals surface area contributed by atoms with Crippen LogP contribution in [-0.2, 0) is 0 Å². The van der Waals surface area contributed by atoms with E-state index in [1.807, 2.05) is 17.9 Å². The summed E-state index contributed by atoms with van der Waals surface area (Å²) >= 11 is 0. The molecule has 0 unspecified atom stereocenters. The van der Waals surface area contributed by atoms with Crippen LogP contribution in [0.25, 0.3) is 0 Å². The van der Waals surface area contributed by atoms with Gasteiger partial charge >= 0.3 is 0 Å². The lowest BCUT2D eigenvalue weighted by atomic mass is 9.77. The first-order valence-electron chi connectivity index (χ1n) is 10.4. The van der Waals surface area contributed by atoms with Gasteiger partial charge in [-0.3, -0.25) is 9.78 Å². The first-order valence-corrected chi connectivity index (χ1v) is 10.4. The number of nitrogens with one attached hydrogen (secondary N) is 1. The van der Waals surface area contributed by atoms with Crippen LogP contribution in [0.5, 0.6) is 0 Å². The highest BCUT2D eigenvalue weighted by molar-refractivity contribution is 5.92. The number of likely N-dealkylation sites (N-methyl/N-ethyl adjacent to an activating group) is 1. The summed E-state index contributed by atoms with van der Waals surface area (Å²) in [6.07, 6.45) is 4.09. The number of carbonyl (C=O) groups excluding carboxylic acids is 1. The van der Waals surface area contributed by atoms with Crippen molar-refractivity contribution >= 4 is 5.91 Å². The minimum absolute atomic E-state index is 0.00653. The number of nitrogens with zero attached hydrogens (tertiary/aromatic N) is 2. The molecule has 1 aromatic heterocycles. The highest BCUT2D eigenvalue weighted by Gasteiger charge is 2.42. The van der Waals surface area contributed by atoms with Crippen LogP contribution in [0.1, 0.15) is 47.3 Å². The number of hydrogen-bond acceptors (Lipinski definition) is 4. The van der Waals surface area contributed by atoms with Gasteiger partial charge in [-0.1, -0.05) is 30.0 Å². The van der Waals surface area contributed by atoms with Crippen LogP contribution in [0.3, 0.4) is 0 Å². The largest absolute Gasteiger partial charge is 0.395 e. The van der Waals surface area contributed by atoms with Crippen molar-refractivity contribution in [3.63, 3.8) is 0 Å². The smallest absolute Gasteiger partial charge is 0.272 e. The monoisotopic (exact) mass is 389 g/mol. The van der Waals surface area contributed by atoms with E-state index in [4.69, 9.17) is 0 Å². The number of carbonyl (C=O) groups is 1. The number of rotatable bonds is 6. The molecule has 1 saturated carbocycles. The van der Waals surface area contributed by atoms with Gasteiger partial charge in [-0.2, -0.15) is 0 Å². The van der Waals surface area contributed by atoms with Gasteiger partial charge in [0.25, 0.3) is 5.91 Å². The van der Waals surface area contributed by atoms with E-state index in [9.17, 15) is 9.90 Å². The number of amides is 1. The number of aromatic nitrogens is 1. The highest BCUT2D eigenvalue weighted by atomic mass is 16.3. The molecule has 29 heavy (non-hydrogen) atoms. The minimum Gasteiger partial charge on any atom is -0.395 e. The zero-order chi connectivity index (χ0) is 20.2. The molecule has 1 aromatic carbocycles. The second-order valence-electron chi connectivity index (χ2n) is 7.81. The Hall–Kier alpha value is -2.68. The van der Waals surface area contributed by atoms with Crippen LogP contribution in [0.15, 0.2) is 48.7 Å². The molecule has 1 aliphatic carbocycles. The zero-order valence-electron chi connectivity index (χ0n) is 16.7. The maximum absolute atomic E-state index is 12.8. The Bertz CT molecular complexity index is 897. The summed E-state index contributed by atoms with van der Waals surface area (Å²) in [5.74, 6) is 7.22. The summed E-state index contributed by atoms with van der Waals surface area (Å²) in [6, 6.07) is 13.8. The Labute approximate surface area is 172 Å². The third kappa shape index (κ3) is 4.50. The Morgan fingerprint density at radius 3 is 2.62 bits per heavy atom. The van der Waals surface area contributed by atoms with E-state index in [2.05, 4.69) is 46.4 Å². The molecule has 0 radical (unpaired) electrons. The van der Waals surface area contributed by atoms with Crippen LogP contribution in [0.4, 0.5) is 0 Å². The van der Waals surface area contributed by atoms with E-state index in [0.29, 0.717) is 24.7 Å². The van der Waals surface area contributed by atoms with E-state index in [-0.39, 0.29) is 30.5 Å². The summed E-state index contributed by atoms with van der Waals surface area (Å²) in [6.45, 7) is 3.24. The minimum atomic E-state index is -0.0632. The van der Waals surface area contributed by atoms with Gasteiger partial charge in [0.15, 0.2) is 0 Å². The van der Waals surface area contributed by atoms with Gasteiger partial charge in [0, 0.05) is 48.8 Å². The maximum Gasteiger partial charge on any atom is 0.272 e. The van der Waals surface area contributed by atoms with Gasteiger partial charge < -0.3 is 15.3 Å². The number of aliphatic hydroxyl groups excluding tert-OH is 1. The van der Waals surface area contributed by atoms with Crippen molar-refractivity contribution in [2.24, 2.45) is 5.92 Å². The van der Waals surface area contributed by atoms with Crippen LogP contribution in [0.2, 0.25) is 0 Å². The Kier molecular flexibility index (Phi) is 5.94. The standard InChI is InChI=1S/C24H27N3O2/c1-2-27(24(29)20-5-3-4-14-25-20)15-21-23(22(16-28)26-21)19-12-10-18(11-13-19)9-8-17-6-7-17/h3-5,10-14,17,21-23,26,28H,2,6-7,15-16H2,1H3/t21-,22-,23-/m1/s1. The van der Waals surface area contributed by atoms with Gasteiger partial charge in [-0.15, -0.1) is 0 Å². The molecule has 5 nitrogen and oxygen atoms in total. The van der Waals surface area contributed by atoms with Crippen molar-refractivity contribution in [1.29, 1.82) is 0 Å². The third-order valence-electron chi connectivity index (χ3n) is 5.76. The summed E-state index contributed by atoms with van der Waals surface area (Å²) in [7, 11) is 0. The molecule has 1 aliphatic heterocycles. The normalized spacial score (nSPS) is 22.9. The summed E-state index contributed by atoms with van der Waals surface area (Å²) in [4.78, 5) is 18.8. The zero-order valence-corrected chi connectivity index (χ0v) is 16.7. The lowest BCUT2D eigenvalue weighted by Gasteiger charge is -2.47.